The maximum Gasteiger partial charge on any atom is 0.132 e. The average molecular weight is 194 g/mol. The summed E-state index contributed by atoms with van der Waals surface area (Å²) in [5, 5.41) is 10.4. The molecule has 0 aliphatic carbocycles. The van der Waals surface area contributed by atoms with Crippen molar-refractivity contribution in [2.24, 2.45) is 0 Å². The van der Waals surface area contributed by atoms with Gasteiger partial charge in [-0.3, -0.25) is 0 Å². The van der Waals surface area contributed by atoms with E-state index < -0.39 is 18.9 Å². The summed E-state index contributed by atoms with van der Waals surface area (Å²) in [7, 11) is -3.38. The fourth-order valence-corrected chi connectivity index (χ4v) is 1.45. The first-order valence-corrected chi connectivity index (χ1v) is 5.75. The van der Waals surface area contributed by atoms with Crippen LogP contribution in [-0.2, 0) is 9.36 Å². The molecule has 0 saturated carbocycles. The van der Waals surface area contributed by atoms with E-state index in [1.807, 2.05) is 0 Å². The SMILES string of the molecule is CC([NH3+])(CCP(C)(=O)[O-])C(=O)[O-]. The lowest BCUT2D eigenvalue weighted by atomic mass is 10.0. The maximum atomic E-state index is 10.7. The normalized spacial score (nSPS) is 21.0. The lowest BCUT2D eigenvalue weighted by Crippen LogP contribution is -2.78. The lowest BCUT2D eigenvalue weighted by molar-refractivity contribution is -0.481. The van der Waals surface area contributed by atoms with E-state index in [-0.39, 0.29) is 12.6 Å². The monoisotopic (exact) mass is 194 g/mol. The highest BCUT2D eigenvalue weighted by Gasteiger charge is 2.24. The molecular weight excluding hydrogens is 181 g/mol. The predicted octanol–water partition coefficient (Wildman–Crippen LogP) is -2.60. The van der Waals surface area contributed by atoms with Crippen LogP contribution in [0.3, 0.4) is 0 Å². The first kappa shape index (κ1) is 11.6. The Labute approximate surface area is 71.0 Å². The molecule has 0 fully saturated rings. The van der Waals surface area contributed by atoms with Gasteiger partial charge in [0.15, 0.2) is 0 Å². The second kappa shape index (κ2) is 3.56. The van der Waals surface area contributed by atoms with Crippen LogP contribution in [-0.4, -0.2) is 24.3 Å². The Morgan fingerprint density at radius 2 is 2.08 bits per heavy atom. The Morgan fingerprint density at radius 3 is 2.33 bits per heavy atom. The van der Waals surface area contributed by atoms with Gasteiger partial charge in [0, 0.05) is 13.8 Å². The summed E-state index contributed by atoms with van der Waals surface area (Å²) < 4.78 is 10.7. The number of rotatable bonds is 4. The van der Waals surface area contributed by atoms with Crippen LogP contribution < -0.4 is 15.7 Å². The molecule has 2 atom stereocenters. The van der Waals surface area contributed by atoms with E-state index in [4.69, 9.17) is 0 Å². The first-order valence-electron chi connectivity index (χ1n) is 3.49. The molecule has 0 amide bonds. The van der Waals surface area contributed by atoms with E-state index in [0.717, 1.165) is 6.66 Å². The maximum absolute atomic E-state index is 10.7. The number of carboxylic acid groups (broad SMARTS) is 1. The molecule has 0 rings (SSSR count). The van der Waals surface area contributed by atoms with Crippen molar-refractivity contribution in [3.8, 4) is 0 Å². The van der Waals surface area contributed by atoms with Gasteiger partial charge in [0.05, 0.1) is 0 Å². The van der Waals surface area contributed by atoms with Crippen LogP contribution >= 0.6 is 7.37 Å². The molecule has 12 heavy (non-hydrogen) atoms. The van der Waals surface area contributed by atoms with E-state index in [9.17, 15) is 19.4 Å². The Balaban J connectivity index is 4.10. The first-order chi connectivity index (χ1) is 5.15. The molecule has 2 unspecified atom stereocenters. The summed E-state index contributed by atoms with van der Waals surface area (Å²) in [6, 6.07) is 0. The van der Waals surface area contributed by atoms with Crippen LogP contribution in [0, 0.1) is 0 Å². The molecule has 6 heteroatoms. The minimum Gasteiger partial charge on any atom is -0.799 e. The van der Waals surface area contributed by atoms with Crippen LogP contribution in [0.5, 0.6) is 0 Å². The molecular formula is C6H13NO4P-. The highest BCUT2D eigenvalue weighted by atomic mass is 31.2. The molecule has 0 radical (unpaired) electrons. The third-order valence-corrected chi connectivity index (χ3v) is 2.60. The Kier molecular flexibility index (Phi) is 3.45. The van der Waals surface area contributed by atoms with E-state index in [1.165, 1.54) is 6.92 Å². The van der Waals surface area contributed by atoms with Gasteiger partial charge in [0.1, 0.15) is 11.5 Å². The number of carbonyl (C=O) groups excluding carboxylic acids is 1. The quantitative estimate of drug-likeness (QED) is 0.495. The van der Waals surface area contributed by atoms with E-state index in [0.29, 0.717) is 0 Å². The number of hydrogen-bond acceptors (Lipinski definition) is 4. The largest absolute Gasteiger partial charge is 0.799 e. The molecule has 0 heterocycles. The Bertz CT molecular complexity index is 220. The van der Waals surface area contributed by atoms with Crippen LogP contribution in [0.25, 0.3) is 0 Å². The molecule has 0 aromatic rings. The second-order valence-corrected chi connectivity index (χ2v) is 5.81. The van der Waals surface area contributed by atoms with Gasteiger partial charge in [-0.2, -0.15) is 0 Å². The van der Waals surface area contributed by atoms with Gasteiger partial charge in [-0.1, -0.05) is 0 Å². The molecule has 3 N–H and O–H groups in total. The summed E-state index contributed by atoms with van der Waals surface area (Å²) in [5.74, 6) is -1.32. The lowest BCUT2D eigenvalue weighted by Gasteiger charge is -2.25. The number of aliphatic carboxylic acids is 1. The van der Waals surface area contributed by atoms with E-state index in [2.05, 4.69) is 5.73 Å². The van der Waals surface area contributed by atoms with Crippen molar-refractivity contribution in [2.75, 3.05) is 12.8 Å². The summed E-state index contributed by atoms with van der Waals surface area (Å²) in [6.45, 7) is 2.43. The minimum absolute atomic E-state index is 0.00733. The zero-order chi connectivity index (χ0) is 9.99. The smallest absolute Gasteiger partial charge is 0.132 e. The minimum atomic E-state index is -3.38. The zero-order valence-corrected chi connectivity index (χ0v) is 8.10. The number of carboxylic acids is 1. The van der Waals surface area contributed by atoms with Gasteiger partial charge in [-0.25, -0.2) is 0 Å². The van der Waals surface area contributed by atoms with Crippen LogP contribution in [0.1, 0.15) is 13.3 Å². The zero-order valence-electron chi connectivity index (χ0n) is 7.20. The topological polar surface area (TPSA) is 108 Å². The second-order valence-electron chi connectivity index (χ2n) is 3.34. The molecule has 0 aliphatic heterocycles. The fraction of sp³-hybridized carbons (Fsp3) is 0.833. The summed E-state index contributed by atoms with van der Waals surface area (Å²) in [6.07, 6.45) is -0.159. The number of carbonyl (C=O) groups is 1. The van der Waals surface area contributed by atoms with Crippen LogP contribution in [0.2, 0.25) is 0 Å². The van der Waals surface area contributed by atoms with Crippen molar-refractivity contribution >= 4 is 13.3 Å². The van der Waals surface area contributed by atoms with Gasteiger partial charge in [0.2, 0.25) is 0 Å². The van der Waals surface area contributed by atoms with Gasteiger partial charge in [-0.15, -0.1) is 0 Å². The molecule has 0 aliphatic rings. The standard InChI is InChI=1S/C6H14NO4P/c1-6(7,5(8)9)3-4-12(2,10)11/h3-4,7H2,1-2H3,(H,8,9)(H,10,11)/p-1. The van der Waals surface area contributed by atoms with Gasteiger partial charge in [0.25, 0.3) is 0 Å². The average Bonchev–Trinajstić information content (AvgIpc) is 1.82. The summed E-state index contributed by atoms with van der Waals surface area (Å²) in [4.78, 5) is 21.1. The Morgan fingerprint density at radius 1 is 1.67 bits per heavy atom. The van der Waals surface area contributed by atoms with Crippen molar-refractivity contribution in [3.63, 3.8) is 0 Å². The van der Waals surface area contributed by atoms with Gasteiger partial charge < -0.3 is 25.1 Å². The predicted molar refractivity (Wildman–Crippen MR) is 39.3 cm³/mol. The highest BCUT2D eigenvalue weighted by molar-refractivity contribution is 7.55. The molecule has 5 nitrogen and oxygen atoms in total. The van der Waals surface area contributed by atoms with Crippen molar-refractivity contribution in [1.82, 2.24) is 0 Å². The molecule has 72 valence electrons. The van der Waals surface area contributed by atoms with Crippen molar-refractivity contribution in [3.05, 3.63) is 0 Å². The van der Waals surface area contributed by atoms with Gasteiger partial charge in [-0.05, 0) is 19.8 Å². The molecule has 0 aromatic heterocycles. The number of quaternary nitrogens is 1. The van der Waals surface area contributed by atoms with Gasteiger partial charge >= 0.3 is 0 Å². The molecule has 0 saturated heterocycles. The molecule has 0 aromatic carbocycles. The third kappa shape index (κ3) is 4.49. The van der Waals surface area contributed by atoms with Crippen molar-refractivity contribution < 1.29 is 25.1 Å². The fourth-order valence-electron chi connectivity index (χ4n) is 0.552. The van der Waals surface area contributed by atoms with E-state index in [1.54, 1.807) is 0 Å². The summed E-state index contributed by atoms with van der Waals surface area (Å²) >= 11 is 0. The van der Waals surface area contributed by atoms with Crippen molar-refractivity contribution in [1.29, 1.82) is 0 Å². The molecule has 0 spiro atoms. The highest BCUT2D eigenvalue weighted by Crippen LogP contribution is 2.31. The van der Waals surface area contributed by atoms with Crippen molar-refractivity contribution in [2.45, 2.75) is 18.9 Å². The summed E-state index contributed by atoms with van der Waals surface area (Å²) in [5.41, 5.74) is 2.04. The Hall–Kier alpha value is -0.380. The van der Waals surface area contributed by atoms with Crippen LogP contribution in [0.4, 0.5) is 0 Å². The number of hydrogen-bond donors (Lipinski definition) is 1. The third-order valence-electron chi connectivity index (χ3n) is 1.56. The van der Waals surface area contributed by atoms with E-state index >= 15 is 0 Å². The van der Waals surface area contributed by atoms with Crippen LogP contribution in [0.15, 0.2) is 0 Å². The molecule has 0 bridgehead atoms.